The van der Waals surface area contributed by atoms with Gasteiger partial charge in [-0.05, 0) is 0 Å². The second-order valence-electron chi connectivity index (χ2n) is 4.14. The van der Waals surface area contributed by atoms with Gasteiger partial charge < -0.3 is 5.73 Å². The van der Waals surface area contributed by atoms with Gasteiger partial charge in [-0.1, -0.05) is 0 Å². The molecule has 8 nitrogen and oxygen atoms in total. The Morgan fingerprint density at radius 2 is 2.11 bits per heavy atom. The van der Waals surface area contributed by atoms with Crippen molar-refractivity contribution >= 4 is 15.9 Å². The lowest BCUT2D eigenvalue weighted by Crippen LogP contribution is -2.50. The van der Waals surface area contributed by atoms with Crippen LogP contribution in [0.1, 0.15) is 0 Å². The van der Waals surface area contributed by atoms with Gasteiger partial charge in [0.1, 0.15) is 10.7 Å². The first kappa shape index (κ1) is 13.0. The first-order valence-corrected chi connectivity index (χ1v) is 6.98. The van der Waals surface area contributed by atoms with Gasteiger partial charge in [-0.2, -0.15) is 9.40 Å². The number of sulfonamides is 1. The number of H-pyrrole nitrogens is 1. The third-order valence-corrected chi connectivity index (χ3v) is 4.70. The largest absolute Gasteiger partial charge is 0.387 e. The molecule has 1 aliphatic rings. The zero-order valence-electron chi connectivity index (χ0n) is 9.83. The van der Waals surface area contributed by atoms with Crippen molar-refractivity contribution in [2.75, 3.05) is 32.7 Å². The maximum Gasteiger partial charge on any atom is 0.246 e. The summed E-state index contributed by atoms with van der Waals surface area (Å²) in [6.45, 7) is 2.36. The molecule has 1 saturated heterocycles. The lowest BCUT2D eigenvalue weighted by atomic mass is 10.3. The molecule has 0 amide bonds. The van der Waals surface area contributed by atoms with Crippen LogP contribution in [0, 0.1) is 5.41 Å². The Morgan fingerprint density at radius 1 is 1.44 bits per heavy atom. The van der Waals surface area contributed by atoms with Gasteiger partial charge in [0, 0.05) is 32.4 Å². The minimum Gasteiger partial charge on any atom is -0.387 e. The molecule has 18 heavy (non-hydrogen) atoms. The average Bonchev–Trinajstić information content (AvgIpc) is 2.83. The minimum absolute atomic E-state index is 0.0983. The molecule has 2 heterocycles. The number of piperazine rings is 1. The van der Waals surface area contributed by atoms with Gasteiger partial charge in [-0.15, -0.1) is 0 Å². The molecule has 0 aliphatic carbocycles. The lowest BCUT2D eigenvalue weighted by molar-refractivity contribution is 0.209. The zero-order valence-corrected chi connectivity index (χ0v) is 10.7. The molecule has 0 unspecified atom stereocenters. The van der Waals surface area contributed by atoms with E-state index in [0.717, 1.165) is 0 Å². The summed E-state index contributed by atoms with van der Waals surface area (Å²) in [5.41, 5.74) is 5.32. The van der Waals surface area contributed by atoms with Crippen LogP contribution in [0.3, 0.4) is 0 Å². The second-order valence-corrected chi connectivity index (χ2v) is 6.08. The predicted molar refractivity (Wildman–Crippen MR) is 65.7 cm³/mol. The van der Waals surface area contributed by atoms with E-state index in [9.17, 15) is 8.42 Å². The van der Waals surface area contributed by atoms with Gasteiger partial charge in [-0.3, -0.25) is 15.4 Å². The van der Waals surface area contributed by atoms with Gasteiger partial charge in [0.05, 0.1) is 12.7 Å². The van der Waals surface area contributed by atoms with Crippen LogP contribution in [0.15, 0.2) is 17.3 Å². The fourth-order valence-electron chi connectivity index (χ4n) is 1.90. The van der Waals surface area contributed by atoms with Crippen LogP contribution in [-0.2, 0) is 10.0 Å². The van der Waals surface area contributed by atoms with Crippen molar-refractivity contribution in [3.8, 4) is 0 Å². The summed E-state index contributed by atoms with van der Waals surface area (Å²) in [6.07, 6.45) is 2.68. The van der Waals surface area contributed by atoms with Crippen LogP contribution in [0.25, 0.3) is 0 Å². The number of nitrogens with two attached hydrogens (primary N) is 1. The molecule has 9 heteroatoms. The highest BCUT2D eigenvalue weighted by Gasteiger charge is 2.29. The molecule has 2 rings (SSSR count). The summed E-state index contributed by atoms with van der Waals surface area (Å²) in [5.74, 6) is 0.0983. The second kappa shape index (κ2) is 5.04. The van der Waals surface area contributed by atoms with Crippen molar-refractivity contribution in [2.24, 2.45) is 5.73 Å². The molecule has 1 aromatic heterocycles. The molecule has 1 aliphatic heterocycles. The Kier molecular flexibility index (Phi) is 3.64. The molecule has 0 aromatic carbocycles. The highest BCUT2D eigenvalue weighted by atomic mass is 32.2. The Bertz CT molecular complexity index is 503. The average molecular weight is 272 g/mol. The Morgan fingerprint density at radius 3 is 2.61 bits per heavy atom. The summed E-state index contributed by atoms with van der Waals surface area (Å²) in [6, 6.07) is 0. The molecule has 0 saturated carbocycles. The summed E-state index contributed by atoms with van der Waals surface area (Å²) in [5, 5.41) is 13.4. The van der Waals surface area contributed by atoms with Gasteiger partial charge >= 0.3 is 0 Å². The van der Waals surface area contributed by atoms with Crippen LogP contribution < -0.4 is 5.73 Å². The fourth-order valence-corrected chi connectivity index (χ4v) is 3.23. The van der Waals surface area contributed by atoms with Crippen LogP contribution in [0.2, 0.25) is 0 Å². The molecule has 1 fully saturated rings. The molecular formula is C9H16N6O2S. The molecule has 0 bridgehead atoms. The Hall–Kier alpha value is -1.45. The van der Waals surface area contributed by atoms with Crippen molar-refractivity contribution in [1.82, 2.24) is 19.4 Å². The van der Waals surface area contributed by atoms with Crippen LogP contribution in [-0.4, -0.2) is 66.4 Å². The van der Waals surface area contributed by atoms with Gasteiger partial charge in [-0.25, -0.2) is 8.42 Å². The molecule has 0 atom stereocenters. The molecule has 100 valence electrons. The number of hydrogen-bond donors (Lipinski definition) is 3. The first-order valence-electron chi connectivity index (χ1n) is 5.54. The zero-order chi connectivity index (χ0) is 13.2. The highest BCUT2D eigenvalue weighted by Crippen LogP contribution is 2.15. The van der Waals surface area contributed by atoms with Gasteiger partial charge in [0.25, 0.3) is 0 Å². The van der Waals surface area contributed by atoms with Crippen LogP contribution >= 0.6 is 0 Å². The van der Waals surface area contributed by atoms with Crippen molar-refractivity contribution in [3.63, 3.8) is 0 Å². The summed E-state index contributed by atoms with van der Waals surface area (Å²) >= 11 is 0. The van der Waals surface area contributed by atoms with E-state index >= 15 is 0 Å². The molecular weight excluding hydrogens is 256 g/mol. The predicted octanol–water partition coefficient (Wildman–Crippen LogP) is -1.35. The van der Waals surface area contributed by atoms with E-state index in [2.05, 4.69) is 10.2 Å². The fraction of sp³-hybridized carbons (Fsp3) is 0.556. The van der Waals surface area contributed by atoms with E-state index in [1.54, 1.807) is 0 Å². The SMILES string of the molecule is N=C(N)CN1CCN(S(=O)(=O)c2cn[nH]c2)CC1. The lowest BCUT2D eigenvalue weighted by Gasteiger charge is -2.33. The molecule has 0 spiro atoms. The van der Waals surface area contributed by atoms with E-state index < -0.39 is 10.0 Å². The summed E-state index contributed by atoms with van der Waals surface area (Å²) in [4.78, 5) is 2.14. The standard InChI is InChI=1S/C9H16N6O2S/c10-9(11)7-14-1-3-15(4-2-14)18(16,17)8-5-12-13-6-8/h5-6H,1-4,7H2,(H3,10,11)(H,12,13). The number of amidine groups is 1. The third kappa shape index (κ3) is 2.68. The van der Waals surface area contributed by atoms with E-state index in [-0.39, 0.29) is 10.7 Å². The molecule has 1 aromatic rings. The van der Waals surface area contributed by atoms with E-state index in [1.807, 2.05) is 4.90 Å². The van der Waals surface area contributed by atoms with Crippen molar-refractivity contribution in [3.05, 3.63) is 12.4 Å². The number of hydrogen-bond acceptors (Lipinski definition) is 5. The van der Waals surface area contributed by atoms with E-state index in [0.29, 0.717) is 32.7 Å². The van der Waals surface area contributed by atoms with Crippen molar-refractivity contribution in [2.45, 2.75) is 4.90 Å². The first-order chi connectivity index (χ1) is 8.50. The quantitative estimate of drug-likeness (QED) is 0.462. The number of nitrogens with one attached hydrogen (secondary N) is 2. The van der Waals surface area contributed by atoms with Gasteiger partial charge in [0.15, 0.2) is 0 Å². The molecule has 4 N–H and O–H groups in total. The molecule has 0 radical (unpaired) electrons. The Labute approximate surface area is 105 Å². The number of aromatic nitrogens is 2. The smallest absolute Gasteiger partial charge is 0.246 e. The monoisotopic (exact) mass is 272 g/mol. The normalized spacial score (nSPS) is 18.9. The third-order valence-electron chi connectivity index (χ3n) is 2.84. The van der Waals surface area contributed by atoms with Crippen molar-refractivity contribution < 1.29 is 8.42 Å². The van der Waals surface area contributed by atoms with E-state index in [4.69, 9.17) is 11.1 Å². The van der Waals surface area contributed by atoms with Gasteiger partial charge in [0.2, 0.25) is 10.0 Å². The highest BCUT2D eigenvalue weighted by molar-refractivity contribution is 7.89. The maximum absolute atomic E-state index is 12.2. The summed E-state index contributed by atoms with van der Waals surface area (Å²) in [7, 11) is -3.44. The minimum atomic E-state index is -3.44. The number of rotatable bonds is 4. The number of aromatic amines is 1. The van der Waals surface area contributed by atoms with E-state index in [1.165, 1.54) is 16.7 Å². The summed E-state index contributed by atoms with van der Waals surface area (Å²) < 4.78 is 25.7. The Balaban J connectivity index is 2.00. The van der Waals surface area contributed by atoms with Crippen LogP contribution in [0.5, 0.6) is 0 Å². The van der Waals surface area contributed by atoms with Crippen molar-refractivity contribution in [1.29, 1.82) is 5.41 Å². The maximum atomic E-state index is 12.2. The topological polar surface area (TPSA) is 119 Å². The number of nitrogens with zero attached hydrogens (tertiary/aromatic N) is 3. The van der Waals surface area contributed by atoms with Crippen LogP contribution in [0.4, 0.5) is 0 Å².